The molecular formula is C39H37N9O15S4. The average Bonchev–Trinajstić information content (AvgIpc) is 3.62. The van der Waals surface area contributed by atoms with Gasteiger partial charge in [-0.2, -0.15) is 54.3 Å². The molecule has 2 heterocycles. The monoisotopic (exact) mass is 999 g/mol. The largest absolute Gasteiger partial charge is 0.493 e. The van der Waals surface area contributed by atoms with Crippen molar-refractivity contribution in [3.8, 4) is 23.4 Å². The summed E-state index contributed by atoms with van der Waals surface area (Å²) in [6.45, 7) is 4.20. The second-order valence-corrected chi connectivity index (χ2v) is 20.4. The number of imidazole rings is 1. The third-order valence-corrected chi connectivity index (χ3v) is 12.7. The molecule has 67 heavy (non-hydrogen) atoms. The van der Waals surface area contributed by atoms with Crippen LogP contribution < -0.4 is 9.47 Å². The summed E-state index contributed by atoms with van der Waals surface area (Å²) in [7, 11) is -18.6. The standard InChI is InChI=1S/C39H37N9O15S4/c1-22-14-32(35(62-10-6-12-64(50,51)52)19-30(22)43-42-25-16-26(66(56,57)58)18-27(17-25)67(59,60)61)45-44-31-20-36(63-11-7-13-65(53,54)55)33(15-23(31)2)46-47-37-24(3)28(21-40)38-41-29-8-4-5-9-34(29)48(38)39(37)49/h4-5,8-9,14-20,49H,6-7,10-13H2,1-3H3,(H,50,51,52)(H,53,54,55)(H,56,57,58)(H,59,60,61). The predicted octanol–water partition coefficient (Wildman–Crippen LogP) is 8.04. The van der Waals surface area contributed by atoms with E-state index in [0.29, 0.717) is 28.2 Å². The number of para-hydroxylation sites is 2. The summed E-state index contributed by atoms with van der Waals surface area (Å²) in [6, 6.07) is 16.7. The highest BCUT2D eigenvalue weighted by Gasteiger charge is 2.22. The molecule has 0 aliphatic carbocycles. The maximum absolute atomic E-state index is 11.8. The van der Waals surface area contributed by atoms with E-state index in [0.717, 1.165) is 12.1 Å². The van der Waals surface area contributed by atoms with E-state index in [1.165, 1.54) is 28.7 Å². The summed E-state index contributed by atoms with van der Waals surface area (Å²) >= 11 is 0. The topological polar surface area (TPSA) is 371 Å². The molecule has 0 aliphatic rings. The van der Waals surface area contributed by atoms with Crippen molar-refractivity contribution in [3.63, 3.8) is 0 Å². The Labute approximate surface area is 382 Å². The number of ether oxygens (including phenoxy) is 2. The molecule has 0 aliphatic heterocycles. The lowest BCUT2D eigenvalue weighted by molar-refractivity contribution is 0.317. The van der Waals surface area contributed by atoms with Gasteiger partial charge in [0, 0.05) is 17.7 Å². The van der Waals surface area contributed by atoms with Crippen LogP contribution in [0.1, 0.15) is 35.1 Å². The van der Waals surface area contributed by atoms with Gasteiger partial charge in [0.05, 0.1) is 62.6 Å². The second kappa shape index (κ2) is 19.6. The zero-order valence-corrected chi connectivity index (χ0v) is 38.3. The van der Waals surface area contributed by atoms with Crippen LogP contribution in [0.2, 0.25) is 0 Å². The smallest absolute Gasteiger partial charge is 0.294 e. The Morgan fingerprint density at radius 3 is 1.61 bits per heavy atom. The molecule has 6 aromatic rings. The second-order valence-electron chi connectivity index (χ2n) is 14.4. The molecule has 0 saturated heterocycles. The molecular weight excluding hydrogens is 963 g/mol. The number of aromatic hydroxyl groups is 1. The van der Waals surface area contributed by atoms with Gasteiger partial charge in [-0.15, -0.1) is 15.3 Å². The molecule has 0 radical (unpaired) electrons. The van der Waals surface area contributed by atoms with E-state index in [1.54, 1.807) is 45.0 Å². The van der Waals surface area contributed by atoms with E-state index in [1.807, 2.05) is 0 Å². The Kier molecular flexibility index (Phi) is 14.5. The van der Waals surface area contributed by atoms with Gasteiger partial charge < -0.3 is 14.6 Å². The summed E-state index contributed by atoms with van der Waals surface area (Å²) in [4.78, 5) is 2.68. The first-order chi connectivity index (χ1) is 31.3. The van der Waals surface area contributed by atoms with Crippen molar-refractivity contribution in [2.45, 2.75) is 43.4 Å². The van der Waals surface area contributed by atoms with Gasteiger partial charge in [0.2, 0.25) is 5.88 Å². The molecule has 0 fully saturated rings. The van der Waals surface area contributed by atoms with E-state index < -0.39 is 67.5 Å². The molecule has 28 heteroatoms. The molecule has 4 aromatic carbocycles. The summed E-state index contributed by atoms with van der Waals surface area (Å²) in [5, 5.41) is 46.7. The quantitative estimate of drug-likeness (QED) is 0.0309. The number of aromatic nitrogens is 2. The zero-order valence-electron chi connectivity index (χ0n) is 35.1. The van der Waals surface area contributed by atoms with Crippen LogP contribution >= 0.6 is 0 Å². The summed E-state index contributed by atoms with van der Waals surface area (Å²) in [5.74, 6) is -1.72. The number of hydrogen-bond acceptors (Lipinski definition) is 19. The highest BCUT2D eigenvalue weighted by Crippen LogP contribution is 2.42. The third-order valence-electron chi connectivity index (χ3n) is 9.47. The van der Waals surface area contributed by atoms with E-state index in [9.17, 15) is 62.3 Å². The molecule has 0 unspecified atom stereocenters. The number of benzene rings is 4. The van der Waals surface area contributed by atoms with Gasteiger partial charge in [-0.05, 0) is 87.2 Å². The van der Waals surface area contributed by atoms with Crippen molar-refractivity contribution in [1.29, 1.82) is 5.26 Å². The molecule has 2 aromatic heterocycles. The van der Waals surface area contributed by atoms with Crippen LogP contribution in [0.5, 0.6) is 17.4 Å². The minimum atomic E-state index is -4.97. The predicted molar refractivity (Wildman–Crippen MR) is 238 cm³/mol. The molecule has 352 valence electrons. The SMILES string of the molecule is Cc1cc(N=Nc2cc(OCCCS(=O)(=O)O)c(N=Nc3c(C)c(C#N)c4nc5ccccc5n4c3O)cc2C)c(OCCCS(=O)(=O)O)cc1N=Nc1cc(S(=O)(=O)O)cc(S(=O)(=O)O)c1. The first kappa shape index (κ1) is 49.6. The first-order valence-electron chi connectivity index (χ1n) is 19.2. The Morgan fingerprint density at radius 1 is 0.642 bits per heavy atom. The van der Waals surface area contributed by atoms with Crippen molar-refractivity contribution < 1.29 is 66.5 Å². The van der Waals surface area contributed by atoms with Gasteiger partial charge in [-0.3, -0.25) is 22.6 Å². The van der Waals surface area contributed by atoms with Crippen molar-refractivity contribution in [2.75, 3.05) is 24.7 Å². The molecule has 5 N–H and O–H groups in total. The molecule has 24 nitrogen and oxygen atoms in total. The highest BCUT2D eigenvalue weighted by molar-refractivity contribution is 7.87. The molecule has 0 spiro atoms. The number of azo groups is 3. The van der Waals surface area contributed by atoms with Crippen molar-refractivity contribution in [3.05, 3.63) is 89.0 Å². The van der Waals surface area contributed by atoms with Crippen molar-refractivity contribution in [2.24, 2.45) is 30.7 Å². The lowest BCUT2D eigenvalue weighted by atomic mass is 10.1. The fraction of sp³-hybridized carbons (Fsp3) is 0.231. The minimum absolute atomic E-state index is 0.00528. The minimum Gasteiger partial charge on any atom is -0.493 e. The van der Waals surface area contributed by atoms with Gasteiger partial charge in [0.25, 0.3) is 40.5 Å². The molecule has 0 saturated carbocycles. The van der Waals surface area contributed by atoms with Gasteiger partial charge >= 0.3 is 0 Å². The van der Waals surface area contributed by atoms with Crippen LogP contribution in [0, 0.1) is 32.1 Å². The van der Waals surface area contributed by atoms with E-state index in [2.05, 4.69) is 41.7 Å². The lowest BCUT2D eigenvalue weighted by Crippen LogP contribution is -2.08. The van der Waals surface area contributed by atoms with Crippen molar-refractivity contribution >= 4 is 91.3 Å². The van der Waals surface area contributed by atoms with Gasteiger partial charge in [-0.1, -0.05) is 12.1 Å². The highest BCUT2D eigenvalue weighted by atomic mass is 32.2. The van der Waals surface area contributed by atoms with Crippen LogP contribution in [0.15, 0.2) is 107 Å². The van der Waals surface area contributed by atoms with Gasteiger partial charge in [-0.25, -0.2) is 4.98 Å². The van der Waals surface area contributed by atoms with E-state index in [-0.39, 0.29) is 88.6 Å². The van der Waals surface area contributed by atoms with E-state index in [4.69, 9.17) is 9.47 Å². The number of nitrogens with zero attached hydrogens (tertiary/aromatic N) is 9. The average molecular weight is 1000 g/mol. The van der Waals surface area contributed by atoms with E-state index >= 15 is 0 Å². The van der Waals surface area contributed by atoms with Crippen LogP contribution in [0.3, 0.4) is 0 Å². The van der Waals surface area contributed by atoms with Crippen LogP contribution in [0.4, 0.5) is 34.1 Å². The Hall–Kier alpha value is -6.84. The summed E-state index contributed by atoms with van der Waals surface area (Å²) < 4.78 is 143. The maximum atomic E-state index is 11.8. The number of rotatable bonds is 18. The normalized spacial score (nSPS) is 12.8. The summed E-state index contributed by atoms with van der Waals surface area (Å²) in [5.41, 5.74) is 2.17. The van der Waals surface area contributed by atoms with Gasteiger partial charge in [0.1, 0.15) is 34.5 Å². The molecule has 0 atom stereocenters. The number of aryl methyl sites for hydroxylation is 2. The Bertz CT molecular complexity index is 3500. The third kappa shape index (κ3) is 12.3. The van der Waals surface area contributed by atoms with Crippen molar-refractivity contribution in [1.82, 2.24) is 9.38 Å². The number of fused-ring (bicyclic) bond motifs is 3. The molecule has 0 bridgehead atoms. The number of pyridine rings is 1. The van der Waals surface area contributed by atoms with Crippen LogP contribution in [-0.4, -0.2) is 91.1 Å². The number of hydrogen-bond donors (Lipinski definition) is 5. The number of nitriles is 1. The fourth-order valence-electron chi connectivity index (χ4n) is 6.23. The Balaban J connectivity index is 1.40. The molecule has 6 rings (SSSR count). The Morgan fingerprint density at radius 2 is 1.12 bits per heavy atom. The maximum Gasteiger partial charge on any atom is 0.294 e. The van der Waals surface area contributed by atoms with Gasteiger partial charge in [0.15, 0.2) is 11.3 Å². The zero-order chi connectivity index (χ0) is 49.1. The lowest BCUT2D eigenvalue weighted by Gasteiger charge is -2.12. The molecule has 0 amide bonds. The van der Waals surface area contributed by atoms with Crippen LogP contribution in [-0.2, 0) is 40.5 Å². The fourth-order valence-corrected chi connectivity index (χ4v) is 8.36. The van der Waals surface area contributed by atoms with Crippen LogP contribution in [0.25, 0.3) is 16.7 Å². The summed E-state index contributed by atoms with van der Waals surface area (Å²) in [6.07, 6.45) is -0.332. The first-order valence-corrected chi connectivity index (χ1v) is 25.3.